The SMILES string of the molecule is CCc1ccc(-c2nn(C(C)c3nc4cccc(F)c4c(=O)n3C3CCC3)c3ncnc(N)c23)cc1. The predicted molar refractivity (Wildman–Crippen MR) is 137 cm³/mol. The smallest absolute Gasteiger partial charge is 0.264 e. The first-order valence-electron chi connectivity index (χ1n) is 12.3. The molecular formula is C27H26FN7O. The van der Waals surface area contributed by atoms with E-state index in [1.54, 1.807) is 21.4 Å². The van der Waals surface area contributed by atoms with Gasteiger partial charge in [-0.15, -0.1) is 0 Å². The van der Waals surface area contributed by atoms with Crippen LogP contribution >= 0.6 is 0 Å². The van der Waals surface area contributed by atoms with Gasteiger partial charge in [-0.05, 0) is 50.3 Å². The molecule has 1 aliphatic rings. The minimum atomic E-state index is -0.555. The van der Waals surface area contributed by atoms with Gasteiger partial charge in [0.15, 0.2) is 5.65 Å². The molecule has 1 unspecified atom stereocenters. The molecule has 36 heavy (non-hydrogen) atoms. The third kappa shape index (κ3) is 3.37. The molecule has 1 fully saturated rings. The number of rotatable bonds is 5. The van der Waals surface area contributed by atoms with Gasteiger partial charge in [0.25, 0.3) is 5.56 Å². The second kappa shape index (κ2) is 8.51. The number of fused-ring (bicyclic) bond motifs is 2. The molecule has 2 N–H and O–H groups in total. The lowest BCUT2D eigenvalue weighted by Crippen LogP contribution is -2.35. The Balaban J connectivity index is 1.59. The van der Waals surface area contributed by atoms with E-state index in [4.69, 9.17) is 15.8 Å². The van der Waals surface area contributed by atoms with Crippen molar-refractivity contribution in [1.82, 2.24) is 29.3 Å². The average Bonchev–Trinajstić information content (AvgIpc) is 3.25. The molecule has 2 aromatic carbocycles. The number of halogens is 1. The summed E-state index contributed by atoms with van der Waals surface area (Å²) in [4.78, 5) is 27.1. The van der Waals surface area contributed by atoms with Crippen LogP contribution in [0.3, 0.4) is 0 Å². The first-order valence-corrected chi connectivity index (χ1v) is 12.3. The molecule has 3 heterocycles. The zero-order valence-corrected chi connectivity index (χ0v) is 20.1. The van der Waals surface area contributed by atoms with Crippen molar-refractivity contribution in [3.05, 3.63) is 76.4 Å². The molecule has 8 nitrogen and oxygen atoms in total. The second-order valence-electron chi connectivity index (χ2n) is 9.34. The average molecular weight is 484 g/mol. The van der Waals surface area contributed by atoms with Gasteiger partial charge in [0.2, 0.25) is 0 Å². The molecule has 0 radical (unpaired) electrons. The Morgan fingerprint density at radius 3 is 2.58 bits per heavy atom. The number of nitrogens with zero attached hydrogens (tertiary/aromatic N) is 6. The number of nitrogens with two attached hydrogens (primary N) is 1. The maximum Gasteiger partial charge on any atom is 0.264 e. The Bertz CT molecular complexity index is 1670. The molecule has 6 rings (SSSR count). The van der Waals surface area contributed by atoms with Crippen molar-refractivity contribution < 1.29 is 4.39 Å². The van der Waals surface area contributed by atoms with E-state index in [1.807, 2.05) is 19.1 Å². The molecule has 1 aliphatic carbocycles. The third-order valence-electron chi connectivity index (χ3n) is 7.24. The quantitative estimate of drug-likeness (QED) is 0.384. The lowest BCUT2D eigenvalue weighted by molar-refractivity contribution is 0.288. The molecule has 0 bridgehead atoms. The molecular weight excluding hydrogens is 457 g/mol. The number of hydrogen-bond acceptors (Lipinski definition) is 6. The van der Waals surface area contributed by atoms with Crippen molar-refractivity contribution in [2.45, 2.75) is 51.6 Å². The van der Waals surface area contributed by atoms with Crippen molar-refractivity contribution >= 4 is 27.8 Å². The second-order valence-corrected chi connectivity index (χ2v) is 9.34. The predicted octanol–water partition coefficient (Wildman–Crippen LogP) is 4.82. The topological polar surface area (TPSA) is 105 Å². The van der Waals surface area contributed by atoms with E-state index in [2.05, 4.69) is 29.0 Å². The fraction of sp³-hybridized carbons (Fsp3) is 0.296. The van der Waals surface area contributed by atoms with E-state index in [0.717, 1.165) is 31.2 Å². The Hall–Kier alpha value is -4.14. The third-order valence-corrected chi connectivity index (χ3v) is 7.24. The highest BCUT2D eigenvalue weighted by Gasteiger charge is 2.30. The van der Waals surface area contributed by atoms with E-state index in [-0.39, 0.29) is 17.0 Å². The minimum Gasteiger partial charge on any atom is -0.383 e. The molecule has 3 aromatic heterocycles. The molecule has 0 amide bonds. The standard InChI is InChI=1S/C27H26FN7O/c1-3-16-10-12-17(13-11-16)23-22-24(29)30-14-31-26(22)35(33-23)15(2)25-32-20-9-5-8-19(28)21(20)27(36)34(25)18-6-4-7-18/h5,8-15,18H,3-4,6-7H2,1-2H3,(H2,29,30,31). The van der Waals surface area contributed by atoms with Crippen molar-refractivity contribution in [1.29, 1.82) is 0 Å². The van der Waals surface area contributed by atoms with Crippen LogP contribution < -0.4 is 11.3 Å². The largest absolute Gasteiger partial charge is 0.383 e. The van der Waals surface area contributed by atoms with E-state index in [9.17, 15) is 9.18 Å². The van der Waals surface area contributed by atoms with Crippen LogP contribution in [0.15, 0.2) is 53.6 Å². The highest BCUT2D eigenvalue weighted by Crippen LogP contribution is 2.36. The van der Waals surface area contributed by atoms with Crippen LogP contribution in [0.5, 0.6) is 0 Å². The maximum atomic E-state index is 14.7. The Labute approximate surface area is 206 Å². The van der Waals surface area contributed by atoms with Crippen LogP contribution in [-0.4, -0.2) is 29.3 Å². The zero-order valence-electron chi connectivity index (χ0n) is 20.1. The molecule has 9 heteroatoms. The molecule has 182 valence electrons. The summed E-state index contributed by atoms with van der Waals surface area (Å²) < 4.78 is 18.1. The summed E-state index contributed by atoms with van der Waals surface area (Å²) in [5.41, 5.74) is 9.63. The van der Waals surface area contributed by atoms with Crippen molar-refractivity contribution in [2.75, 3.05) is 5.73 Å². The summed E-state index contributed by atoms with van der Waals surface area (Å²) in [6.07, 6.45) is 5.07. The fourth-order valence-electron chi connectivity index (χ4n) is 4.99. The highest BCUT2D eigenvalue weighted by atomic mass is 19.1. The fourth-order valence-corrected chi connectivity index (χ4v) is 4.99. The van der Waals surface area contributed by atoms with Gasteiger partial charge in [-0.2, -0.15) is 5.10 Å². The Morgan fingerprint density at radius 1 is 1.11 bits per heavy atom. The van der Waals surface area contributed by atoms with Gasteiger partial charge in [0.1, 0.15) is 40.9 Å². The summed E-state index contributed by atoms with van der Waals surface area (Å²) in [5, 5.41) is 5.60. The molecule has 0 spiro atoms. The number of aryl methyl sites for hydroxylation is 1. The van der Waals surface area contributed by atoms with Gasteiger partial charge in [-0.25, -0.2) is 24.0 Å². The van der Waals surface area contributed by atoms with E-state index < -0.39 is 11.9 Å². The van der Waals surface area contributed by atoms with Crippen LogP contribution in [0.1, 0.15) is 56.6 Å². The van der Waals surface area contributed by atoms with Crippen molar-refractivity contribution in [2.24, 2.45) is 0 Å². The lowest BCUT2D eigenvalue weighted by atomic mass is 9.92. The number of anilines is 1. The van der Waals surface area contributed by atoms with Crippen molar-refractivity contribution in [3.63, 3.8) is 0 Å². The molecule has 5 aromatic rings. The van der Waals surface area contributed by atoms with Gasteiger partial charge in [-0.3, -0.25) is 9.36 Å². The molecule has 1 atom stereocenters. The van der Waals surface area contributed by atoms with Gasteiger partial charge < -0.3 is 5.73 Å². The molecule has 0 saturated heterocycles. The summed E-state index contributed by atoms with van der Waals surface area (Å²) in [7, 11) is 0. The molecule has 1 saturated carbocycles. The minimum absolute atomic E-state index is 0.0194. The van der Waals surface area contributed by atoms with E-state index >= 15 is 0 Å². The number of aromatic nitrogens is 6. The van der Waals surface area contributed by atoms with Gasteiger partial charge >= 0.3 is 0 Å². The summed E-state index contributed by atoms with van der Waals surface area (Å²) in [6, 6.07) is 12.2. The number of benzene rings is 2. The van der Waals surface area contributed by atoms with Crippen LogP contribution in [0.2, 0.25) is 0 Å². The van der Waals surface area contributed by atoms with Crippen LogP contribution in [-0.2, 0) is 6.42 Å². The Kier molecular flexibility index (Phi) is 5.28. The first kappa shape index (κ1) is 22.3. The normalized spacial score (nSPS) is 14.9. The summed E-state index contributed by atoms with van der Waals surface area (Å²) in [6.45, 7) is 4.04. The number of nitrogen functional groups attached to an aromatic ring is 1. The summed E-state index contributed by atoms with van der Waals surface area (Å²) in [5.74, 6) is 0.301. The lowest BCUT2D eigenvalue weighted by Gasteiger charge is -2.31. The van der Waals surface area contributed by atoms with Crippen molar-refractivity contribution in [3.8, 4) is 11.3 Å². The van der Waals surface area contributed by atoms with Gasteiger partial charge in [0.05, 0.1) is 10.9 Å². The van der Waals surface area contributed by atoms with Gasteiger partial charge in [0, 0.05) is 11.6 Å². The first-order chi connectivity index (χ1) is 17.5. The number of hydrogen-bond donors (Lipinski definition) is 1. The monoisotopic (exact) mass is 483 g/mol. The highest BCUT2D eigenvalue weighted by molar-refractivity contribution is 5.98. The summed E-state index contributed by atoms with van der Waals surface area (Å²) >= 11 is 0. The maximum absolute atomic E-state index is 14.7. The Morgan fingerprint density at radius 2 is 1.89 bits per heavy atom. The van der Waals surface area contributed by atoms with Crippen LogP contribution in [0, 0.1) is 5.82 Å². The van der Waals surface area contributed by atoms with E-state index in [0.29, 0.717) is 33.9 Å². The molecule has 0 aliphatic heterocycles. The van der Waals surface area contributed by atoms with Crippen LogP contribution in [0.4, 0.5) is 10.2 Å². The zero-order chi connectivity index (χ0) is 25.0. The van der Waals surface area contributed by atoms with Crippen LogP contribution in [0.25, 0.3) is 33.2 Å². The van der Waals surface area contributed by atoms with Gasteiger partial charge in [-0.1, -0.05) is 37.3 Å². The van der Waals surface area contributed by atoms with E-state index in [1.165, 1.54) is 18.0 Å².